The largest absolute Gasteiger partial charge is 0.486 e. The van der Waals surface area contributed by atoms with Crippen molar-refractivity contribution in [2.75, 3.05) is 19.8 Å². The minimum absolute atomic E-state index is 0.0681. The van der Waals surface area contributed by atoms with Gasteiger partial charge in [-0.15, -0.1) is 0 Å². The molecule has 2 aromatic carbocycles. The van der Waals surface area contributed by atoms with Crippen molar-refractivity contribution in [2.24, 2.45) is 0 Å². The van der Waals surface area contributed by atoms with Crippen LogP contribution in [0.5, 0.6) is 17.2 Å². The molecule has 1 N–H and O–H groups in total. The van der Waals surface area contributed by atoms with Crippen LogP contribution >= 0.6 is 11.6 Å². The molecule has 1 atom stereocenters. The van der Waals surface area contributed by atoms with Crippen molar-refractivity contribution in [3.8, 4) is 17.2 Å². The van der Waals surface area contributed by atoms with E-state index in [2.05, 4.69) is 5.32 Å². The molecule has 132 valence electrons. The Morgan fingerprint density at radius 3 is 2.76 bits per heavy atom. The third-order valence-electron chi connectivity index (χ3n) is 3.88. The summed E-state index contributed by atoms with van der Waals surface area (Å²) in [6, 6.07) is 12.6. The highest BCUT2D eigenvalue weighted by Gasteiger charge is 2.17. The summed E-state index contributed by atoms with van der Waals surface area (Å²) in [5, 5.41) is 3.55. The highest BCUT2D eigenvalue weighted by Crippen LogP contribution is 2.33. The average Bonchev–Trinajstić information content (AvgIpc) is 2.64. The number of carbonyl (C=O) groups excluding carboxylic acids is 1. The quantitative estimate of drug-likeness (QED) is 0.851. The molecule has 2 aromatic rings. The van der Waals surface area contributed by atoms with Crippen LogP contribution in [-0.2, 0) is 4.79 Å². The third kappa shape index (κ3) is 4.57. The molecule has 0 radical (unpaired) electrons. The molecule has 3 rings (SSSR count). The van der Waals surface area contributed by atoms with Gasteiger partial charge in [-0.3, -0.25) is 4.79 Å². The van der Waals surface area contributed by atoms with Gasteiger partial charge in [0.15, 0.2) is 18.1 Å². The zero-order valence-electron chi connectivity index (χ0n) is 14.0. The second kappa shape index (κ2) is 8.12. The normalized spacial score (nSPS) is 13.8. The lowest BCUT2D eigenvalue weighted by molar-refractivity contribution is -0.123. The fourth-order valence-electron chi connectivity index (χ4n) is 2.64. The van der Waals surface area contributed by atoms with Crippen molar-refractivity contribution >= 4 is 17.5 Å². The van der Waals surface area contributed by atoms with E-state index in [0.29, 0.717) is 29.7 Å². The van der Waals surface area contributed by atoms with Gasteiger partial charge in [0.1, 0.15) is 19.0 Å². The fraction of sp³-hybridized carbons (Fsp3) is 0.316. The molecule has 0 saturated carbocycles. The van der Waals surface area contributed by atoms with Crippen molar-refractivity contribution in [1.29, 1.82) is 0 Å². The Bertz CT molecular complexity index is 750. The Balaban J connectivity index is 1.60. The van der Waals surface area contributed by atoms with Crippen molar-refractivity contribution in [3.63, 3.8) is 0 Å². The van der Waals surface area contributed by atoms with Gasteiger partial charge in [0, 0.05) is 5.02 Å². The molecule has 1 amide bonds. The molecular formula is C19H20ClNO4. The first-order valence-electron chi connectivity index (χ1n) is 8.23. The summed E-state index contributed by atoms with van der Waals surface area (Å²) >= 11 is 5.90. The Labute approximate surface area is 151 Å². The van der Waals surface area contributed by atoms with E-state index in [1.54, 1.807) is 24.3 Å². The third-order valence-corrected chi connectivity index (χ3v) is 4.11. The van der Waals surface area contributed by atoms with Gasteiger partial charge in [-0.25, -0.2) is 0 Å². The molecule has 6 heteroatoms. The number of amides is 1. The summed E-state index contributed by atoms with van der Waals surface area (Å²) in [6.07, 6.45) is 0.753. The number of hydrogen-bond acceptors (Lipinski definition) is 4. The number of nitrogens with one attached hydrogen (secondary N) is 1. The number of ether oxygens (including phenoxy) is 3. The van der Waals surface area contributed by atoms with Crippen LogP contribution in [0.1, 0.15) is 24.9 Å². The first kappa shape index (κ1) is 17.4. The highest BCUT2D eigenvalue weighted by molar-refractivity contribution is 6.30. The van der Waals surface area contributed by atoms with Crippen LogP contribution < -0.4 is 19.5 Å². The minimum atomic E-state index is -0.193. The van der Waals surface area contributed by atoms with Crippen molar-refractivity contribution in [1.82, 2.24) is 5.32 Å². The summed E-state index contributed by atoms with van der Waals surface area (Å²) in [7, 11) is 0. The van der Waals surface area contributed by atoms with E-state index < -0.39 is 0 Å². The lowest BCUT2D eigenvalue weighted by atomic mass is 10.0. The van der Waals surface area contributed by atoms with Crippen molar-refractivity contribution < 1.29 is 19.0 Å². The van der Waals surface area contributed by atoms with Crippen molar-refractivity contribution in [2.45, 2.75) is 19.4 Å². The van der Waals surface area contributed by atoms with Gasteiger partial charge >= 0.3 is 0 Å². The molecule has 0 saturated heterocycles. The zero-order valence-corrected chi connectivity index (χ0v) is 14.7. The van der Waals surface area contributed by atoms with Crippen LogP contribution in [0.3, 0.4) is 0 Å². The molecule has 1 unspecified atom stereocenters. The zero-order chi connectivity index (χ0) is 17.6. The van der Waals surface area contributed by atoms with Gasteiger partial charge in [-0.05, 0) is 42.3 Å². The van der Waals surface area contributed by atoms with E-state index in [0.717, 1.165) is 17.7 Å². The van der Waals surface area contributed by atoms with E-state index >= 15 is 0 Å². The molecule has 0 fully saturated rings. The molecule has 25 heavy (non-hydrogen) atoms. The minimum Gasteiger partial charge on any atom is -0.486 e. The summed E-state index contributed by atoms with van der Waals surface area (Å²) in [5.74, 6) is 1.82. The topological polar surface area (TPSA) is 56.8 Å². The maximum Gasteiger partial charge on any atom is 0.258 e. The molecule has 0 bridgehead atoms. The predicted molar refractivity (Wildman–Crippen MR) is 95.6 cm³/mol. The van der Waals surface area contributed by atoms with E-state index in [-0.39, 0.29) is 18.6 Å². The number of fused-ring (bicyclic) bond motifs is 1. The average molecular weight is 362 g/mol. The maximum atomic E-state index is 12.2. The Morgan fingerprint density at radius 2 is 2.00 bits per heavy atom. The predicted octanol–water partition coefficient (Wildman–Crippen LogP) is 3.76. The maximum absolute atomic E-state index is 12.2. The Hall–Kier alpha value is -2.40. The molecule has 5 nitrogen and oxygen atoms in total. The van der Waals surface area contributed by atoms with Gasteiger partial charge in [0.2, 0.25) is 0 Å². The van der Waals surface area contributed by atoms with Gasteiger partial charge in [-0.1, -0.05) is 30.7 Å². The lowest BCUT2D eigenvalue weighted by Gasteiger charge is -2.22. The molecule has 1 aliphatic rings. The van der Waals surface area contributed by atoms with Crippen LogP contribution in [0.4, 0.5) is 0 Å². The Kier molecular flexibility index (Phi) is 5.66. The van der Waals surface area contributed by atoms with Crippen LogP contribution in [0, 0.1) is 0 Å². The highest BCUT2D eigenvalue weighted by atomic mass is 35.5. The molecular weight excluding hydrogens is 342 g/mol. The van der Waals surface area contributed by atoms with Crippen LogP contribution in [0.2, 0.25) is 5.02 Å². The fourth-order valence-corrected chi connectivity index (χ4v) is 2.82. The first-order valence-corrected chi connectivity index (χ1v) is 8.61. The van der Waals surface area contributed by atoms with E-state index in [1.807, 2.05) is 25.1 Å². The number of halogens is 1. The summed E-state index contributed by atoms with van der Waals surface area (Å²) in [6.45, 7) is 3.04. The molecule has 1 aliphatic heterocycles. The smallest absolute Gasteiger partial charge is 0.258 e. The van der Waals surface area contributed by atoms with E-state index in [4.69, 9.17) is 25.8 Å². The summed E-state index contributed by atoms with van der Waals surface area (Å²) < 4.78 is 16.6. The van der Waals surface area contributed by atoms with E-state index in [9.17, 15) is 4.79 Å². The first-order chi connectivity index (χ1) is 12.2. The van der Waals surface area contributed by atoms with E-state index in [1.165, 1.54) is 0 Å². The van der Waals surface area contributed by atoms with Gasteiger partial charge < -0.3 is 19.5 Å². The van der Waals surface area contributed by atoms with Crippen molar-refractivity contribution in [3.05, 3.63) is 53.1 Å². The number of carbonyl (C=O) groups is 1. The molecule has 1 heterocycles. The molecule has 0 aromatic heterocycles. The molecule has 0 spiro atoms. The number of benzene rings is 2. The van der Waals surface area contributed by atoms with Crippen LogP contribution in [0.25, 0.3) is 0 Å². The van der Waals surface area contributed by atoms with Gasteiger partial charge in [0.25, 0.3) is 5.91 Å². The van der Waals surface area contributed by atoms with Crippen LogP contribution in [0.15, 0.2) is 42.5 Å². The second-order valence-electron chi connectivity index (χ2n) is 5.68. The second-order valence-corrected chi connectivity index (χ2v) is 6.11. The summed E-state index contributed by atoms with van der Waals surface area (Å²) in [4.78, 5) is 12.2. The molecule has 0 aliphatic carbocycles. The van der Waals surface area contributed by atoms with Crippen LogP contribution in [-0.4, -0.2) is 25.7 Å². The van der Waals surface area contributed by atoms with Gasteiger partial charge in [-0.2, -0.15) is 0 Å². The lowest BCUT2D eigenvalue weighted by Crippen LogP contribution is -2.32. The summed E-state index contributed by atoms with van der Waals surface area (Å²) in [5.41, 5.74) is 0.975. The number of hydrogen-bond donors (Lipinski definition) is 1. The standard InChI is InChI=1S/C19H20ClNO4/c1-2-16(13-6-7-17-18(10-13)24-9-8-23-17)21-19(22)12-25-15-5-3-4-14(20)11-15/h3-7,10-11,16H,2,8-9,12H2,1H3,(H,21,22). The SMILES string of the molecule is CCC(NC(=O)COc1cccc(Cl)c1)c1ccc2c(c1)OCCO2. The monoisotopic (exact) mass is 361 g/mol. The van der Waals surface area contributed by atoms with Gasteiger partial charge in [0.05, 0.1) is 6.04 Å². The Morgan fingerprint density at radius 1 is 1.20 bits per heavy atom. The number of rotatable bonds is 6.